The minimum Gasteiger partial charge on any atom is -0.460 e. The molecule has 0 aromatic heterocycles. The lowest BCUT2D eigenvalue weighted by molar-refractivity contribution is -0.144. The smallest absolute Gasteiger partial charge is 0.337 e. The zero-order chi connectivity index (χ0) is 21.5. The molecule has 29 heavy (non-hydrogen) atoms. The Morgan fingerprint density at radius 2 is 2.00 bits per heavy atom. The van der Waals surface area contributed by atoms with Gasteiger partial charge in [-0.15, -0.1) is 0 Å². The summed E-state index contributed by atoms with van der Waals surface area (Å²) in [5.74, 6) is -2.35. The summed E-state index contributed by atoms with van der Waals surface area (Å²) in [5.41, 5.74) is 9.48. The van der Waals surface area contributed by atoms with Crippen LogP contribution in [0.1, 0.15) is 26.3 Å². The Morgan fingerprint density at radius 3 is 2.59 bits per heavy atom. The lowest BCUT2D eigenvalue weighted by Crippen LogP contribution is -2.48. The number of carbonyl (C=O) groups excluding carboxylic acids is 3. The molecule has 0 fully saturated rings. The molecule has 1 atom stereocenters. The molecule has 1 spiro atoms. The summed E-state index contributed by atoms with van der Waals surface area (Å²) < 4.78 is 10.9. The molecule has 1 aromatic carbocycles. The molecule has 0 saturated carbocycles. The third kappa shape index (κ3) is 2.81. The Hall–Kier alpha value is -3.80. The van der Waals surface area contributed by atoms with Crippen molar-refractivity contribution in [1.82, 2.24) is 4.90 Å². The van der Waals surface area contributed by atoms with Gasteiger partial charge in [0.1, 0.15) is 23.9 Å². The summed E-state index contributed by atoms with van der Waals surface area (Å²) >= 11 is 0. The van der Waals surface area contributed by atoms with Crippen molar-refractivity contribution < 1.29 is 23.9 Å². The number of nitrogens with zero attached hydrogens (tertiary/aromatic N) is 2. The number of fused-ring (bicyclic) bond motifs is 2. The third-order valence-corrected chi connectivity index (χ3v) is 4.81. The minimum absolute atomic E-state index is 0.0901. The Labute approximate surface area is 167 Å². The second kappa shape index (κ2) is 6.98. The molecule has 1 unspecified atom stereocenters. The van der Waals surface area contributed by atoms with Crippen LogP contribution in [-0.2, 0) is 24.5 Å². The maximum Gasteiger partial charge on any atom is 0.337 e. The predicted octanol–water partition coefficient (Wildman–Crippen LogP) is 0.564. The molecule has 2 amide bonds. The van der Waals surface area contributed by atoms with E-state index < -0.39 is 35.8 Å². The number of esters is 1. The van der Waals surface area contributed by atoms with Gasteiger partial charge >= 0.3 is 5.97 Å². The number of benzene rings is 1. The van der Waals surface area contributed by atoms with Crippen molar-refractivity contribution in [3.05, 3.63) is 52.6 Å². The molecule has 3 rings (SSSR count). The van der Waals surface area contributed by atoms with Crippen molar-refractivity contribution in [2.75, 3.05) is 6.54 Å². The van der Waals surface area contributed by atoms with Crippen molar-refractivity contribution in [3.63, 3.8) is 0 Å². The molecule has 2 aliphatic rings. The first-order valence-electron chi connectivity index (χ1n) is 8.86. The largest absolute Gasteiger partial charge is 0.460 e. The zero-order valence-corrected chi connectivity index (χ0v) is 16.2. The van der Waals surface area contributed by atoms with Crippen molar-refractivity contribution in [1.29, 1.82) is 5.26 Å². The highest BCUT2D eigenvalue weighted by Crippen LogP contribution is 2.53. The molecule has 0 bridgehead atoms. The first-order valence-corrected chi connectivity index (χ1v) is 8.86. The lowest BCUT2D eigenvalue weighted by atomic mass is 9.68. The number of primary amides is 1. The highest BCUT2D eigenvalue weighted by molar-refractivity contribution is 6.13. The van der Waals surface area contributed by atoms with Crippen molar-refractivity contribution in [2.24, 2.45) is 11.5 Å². The number of ether oxygens (including phenoxy) is 2. The average molecular weight is 396 g/mol. The van der Waals surface area contributed by atoms with Gasteiger partial charge in [-0.1, -0.05) is 18.2 Å². The second-order valence-electron chi connectivity index (χ2n) is 6.97. The van der Waals surface area contributed by atoms with Crippen LogP contribution in [0.3, 0.4) is 0 Å². The van der Waals surface area contributed by atoms with Crippen LogP contribution in [0.4, 0.5) is 0 Å². The number of hydrogen-bond donors (Lipinski definition) is 2. The van der Waals surface area contributed by atoms with Crippen LogP contribution in [0.25, 0.3) is 0 Å². The van der Waals surface area contributed by atoms with Gasteiger partial charge in [0.2, 0.25) is 17.7 Å². The number of hydrogen-bond acceptors (Lipinski definition) is 7. The topological polar surface area (TPSA) is 149 Å². The summed E-state index contributed by atoms with van der Waals surface area (Å²) in [5, 5.41) is 9.86. The number of amides is 2. The van der Waals surface area contributed by atoms with Crippen LogP contribution >= 0.6 is 0 Å². The maximum atomic E-state index is 13.7. The van der Waals surface area contributed by atoms with Gasteiger partial charge in [-0.05, 0) is 26.8 Å². The number of nitriles is 1. The molecular formula is C20H20N4O5. The normalized spacial score (nSPS) is 20.7. The molecule has 2 aliphatic heterocycles. The van der Waals surface area contributed by atoms with Gasteiger partial charge in [-0.25, -0.2) is 4.79 Å². The Bertz CT molecular complexity index is 1030. The zero-order valence-electron chi connectivity index (χ0n) is 16.2. The van der Waals surface area contributed by atoms with Gasteiger partial charge in [-0.3, -0.25) is 9.59 Å². The number of rotatable bonds is 4. The fourth-order valence-corrected chi connectivity index (χ4v) is 3.76. The molecule has 2 heterocycles. The van der Waals surface area contributed by atoms with Crippen LogP contribution in [-0.4, -0.2) is 35.3 Å². The Balaban J connectivity index is 2.40. The summed E-state index contributed by atoms with van der Waals surface area (Å²) in [6.07, 6.45) is -0.484. The molecular weight excluding hydrogens is 376 g/mol. The van der Waals surface area contributed by atoms with Crippen molar-refractivity contribution >= 4 is 17.8 Å². The van der Waals surface area contributed by atoms with E-state index in [0.29, 0.717) is 0 Å². The average Bonchev–Trinajstić information content (AvgIpc) is 2.83. The molecule has 0 aliphatic carbocycles. The van der Waals surface area contributed by atoms with E-state index in [1.165, 1.54) is 6.92 Å². The monoisotopic (exact) mass is 396 g/mol. The van der Waals surface area contributed by atoms with Gasteiger partial charge in [0.05, 0.1) is 11.7 Å². The fraction of sp³-hybridized carbons (Fsp3) is 0.300. The van der Waals surface area contributed by atoms with Crippen LogP contribution < -0.4 is 16.2 Å². The van der Waals surface area contributed by atoms with E-state index in [1.54, 1.807) is 38.1 Å². The highest BCUT2D eigenvalue weighted by atomic mass is 16.5. The standard InChI is InChI=1S/C20H20N4O5/c1-10(2)28-18(26)16-11(3)24(9-15(22)25)19(27)20(16)12-6-4-5-7-14(12)29-17(23)13(20)8-21/h4-7,10H,9,23H2,1-3H3,(H2,22,25). The first-order chi connectivity index (χ1) is 13.7. The summed E-state index contributed by atoms with van der Waals surface area (Å²) in [4.78, 5) is 39.5. The number of allylic oxidation sites excluding steroid dienone is 1. The molecule has 9 nitrogen and oxygen atoms in total. The molecule has 150 valence electrons. The van der Waals surface area contributed by atoms with Gasteiger partial charge in [0.25, 0.3) is 0 Å². The maximum absolute atomic E-state index is 13.7. The lowest BCUT2D eigenvalue weighted by Gasteiger charge is -2.35. The van der Waals surface area contributed by atoms with E-state index in [0.717, 1.165) is 4.90 Å². The number of para-hydroxylation sites is 1. The van der Waals surface area contributed by atoms with E-state index in [-0.39, 0.29) is 34.0 Å². The van der Waals surface area contributed by atoms with Crippen LogP contribution in [0.5, 0.6) is 5.75 Å². The van der Waals surface area contributed by atoms with Gasteiger partial charge in [0, 0.05) is 11.3 Å². The van der Waals surface area contributed by atoms with E-state index >= 15 is 0 Å². The highest BCUT2D eigenvalue weighted by Gasteiger charge is 2.62. The van der Waals surface area contributed by atoms with Crippen LogP contribution in [0.2, 0.25) is 0 Å². The molecule has 4 N–H and O–H groups in total. The van der Waals surface area contributed by atoms with Gasteiger partial charge in [0.15, 0.2) is 5.41 Å². The van der Waals surface area contributed by atoms with Crippen molar-refractivity contribution in [2.45, 2.75) is 32.3 Å². The second-order valence-corrected chi connectivity index (χ2v) is 6.97. The Kier molecular flexibility index (Phi) is 4.80. The molecule has 9 heteroatoms. The third-order valence-electron chi connectivity index (χ3n) is 4.81. The molecule has 0 radical (unpaired) electrons. The van der Waals surface area contributed by atoms with E-state index in [4.69, 9.17) is 20.9 Å². The van der Waals surface area contributed by atoms with E-state index in [1.807, 2.05) is 6.07 Å². The first kappa shape index (κ1) is 19.9. The van der Waals surface area contributed by atoms with E-state index in [2.05, 4.69) is 0 Å². The minimum atomic E-state index is -1.89. The predicted molar refractivity (Wildman–Crippen MR) is 100 cm³/mol. The molecule has 1 aromatic rings. The number of nitrogens with two attached hydrogens (primary N) is 2. The van der Waals surface area contributed by atoms with Crippen LogP contribution in [0, 0.1) is 11.3 Å². The van der Waals surface area contributed by atoms with Crippen molar-refractivity contribution in [3.8, 4) is 11.8 Å². The van der Waals surface area contributed by atoms with Gasteiger partial charge < -0.3 is 25.8 Å². The number of carbonyl (C=O) groups is 3. The van der Waals surface area contributed by atoms with Gasteiger partial charge in [-0.2, -0.15) is 5.26 Å². The quantitative estimate of drug-likeness (QED) is 0.706. The summed E-state index contributed by atoms with van der Waals surface area (Å²) in [6, 6.07) is 8.37. The van der Waals surface area contributed by atoms with E-state index in [9.17, 15) is 19.6 Å². The summed E-state index contributed by atoms with van der Waals surface area (Å²) in [7, 11) is 0. The fourth-order valence-electron chi connectivity index (χ4n) is 3.76. The SMILES string of the molecule is CC1=C(C(=O)OC(C)C)C2(C(=O)N1CC(N)=O)C(C#N)=C(N)Oc1ccccc12. The Morgan fingerprint density at radius 1 is 1.34 bits per heavy atom. The summed E-state index contributed by atoms with van der Waals surface area (Å²) in [6.45, 7) is 4.35. The molecule has 0 saturated heterocycles. The van der Waals surface area contributed by atoms with Crippen LogP contribution in [0.15, 0.2) is 47.0 Å².